The van der Waals surface area contributed by atoms with Crippen molar-refractivity contribution < 1.29 is 9.84 Å². The number of ether oxygens (including phenoxy) is 1. The molecule has 0 bridgehead atoms. The van der Waals surface area contributed by atoms with Crippen LogP contribution in [0, 0.1) is 0 Å². The highest BCUT2D eigenvalue weighted by Gasteiger charge is 2.36. The van der Waals surface area contributed by atoms with Crippen LogP contribution < -0.4 is 0 Å². The monoisotopic (exact) mass is 144 g/mol. The first-order valence-corrected chi connectivity index (χ1v) is 4.07. The lowest BCUT2D eigenvalue weighted by Crippen LogP contribution is -2.02. The molecule has 0 radical (unpaired) electrons. The number of hydrogen-bond donors (Lipinski definition) is 1. The summed E-state index contributed by atoms with van der Waals surface area (Å²) < 4.78 is 5.31. The normalized spacial score (nSPS) is 33.9. The fraction of sp³-hybridized carbons (Fsp3) is 1.00. The summed E-state index contributed by atoms with van der Waals surface area (Å²) in [7, 11) is 0. The van der Waals surface area contributed by atoms with E-state index >= 15 is 0 Å². The lowest BCUT2D eigenvalue weighted by molar-refractivity contribution is 0.176. The third-order valence-corrected chi connectivity index (χ3v) is 1.96. The Morgan fingerprint density at radius 2 is 2.20 bits per heavy atom. The largest absolute Gasteiger partial charge is 0.393 e. The first kappa shape index (κ1) is 8.02. The third-order valence-electron chi connectivity index (χ3n) is 1.96. The maximum Gasteiger partial charge on any atom is 0.0842 e. The van der Waals surface area contributed by atoms with Crippen LogP contribution in [0.4, 0.5) is 0 Å². The summed E-state index contributed by atoms with van der Waals surface area (Å²) in [5.74, 6) is 0. The van der Waals surface area contributed by atoms with Crippen molar-refractivity contribution in [3.63, 3.8) is 0 Å². The van der Waals surface area contributed by atoms with E-state index in [0.717, 1.165) is 19.3 Å². The van der Waals surface area contributed by atoms with Crippen LogP contribution in [0.1, 0.15) is 33.1 Å². The molecule has 0 aliphatic carbocycles. The average Bonchev–Trinajstić information content (AvgIpc) is 2.61. The van der Waals surface area contributed by atoms with Crippen LogP contribution in [0.3, 0.4) is 0 Å². The van der Waals surface area contributed by atoms with Gasteiger partial charge < -0.3 is 9.84 Å². The molecule has 1 saturated heterocycles. The van der Waals surface area contributed by atoms with Crippen molar-refractivity contribution in [2.45, 2.75) is 51.4 Å². The van der Waals surface area contributed by atoms with Crippen molar-refractivity contribution in [2.24, 2.45) is 0 Å². The summed E-state index contributed by atoms with van der Waals surface area (Å²) in [4.78, 5) is 0. The summed E-state index contributed by atoms with van der Waals surface area (Å²) in [5.41, 5.74) is 0. The predicted octanol–water partition coefficient (Wildman–Crippen LogP) is 1.32. The molecule has 1 N–H and O–H groups in total. The second kappa shape index (κ2) is 3.35. The van der Waals surface area contributed by atoms with Crippen LogP contribution in [-0.2, 0) is 4.74 Å². The molecule has 0 spiro atoms. The Labute approximate surface area is 62.2 Å². The molecule has 0 aromatic heterocycles. The Morgan fingerprint density at radius 3 is 2.60 bits per heavy atom. The van der Waals surface area contributed by atoms with Crippen molar-refractivity contribution in [3.8, 4) is 0 Å². The summed E-state index contributed by atoms with van der Waals surface area (Å²) in [6.07, 6.45) is 3.81. The first-order valence-electron chi connectivity index (χ1n) is 4.07. The van der Waals surface area contributed by atoms with Crippen molar-refractivity contribution in [2.75, 3.05) is 0 Å². The zero-order chi connectivity index (χ0) is 7.56. The lowest BCUT2D eigenvalue weighted by atomic mass is 10.1. The first-order chi connectivity index (χ1) is 4.74. The molecule has 0 aromatic rings. The van der Waals surface area contributed by atoms with Gasteiger partial charge in [0.15, 0.2) is 0 Å². The summed E-state index contributed by atoms with van der Waals surface area (Å²) >= 11 is 0. The third kappa shape index (κ3) is 2.27. The molecule has 2 heteroatoms. The molecule has 1 fully saturated rings. The van der Waals surface area contributed by atoms with Gasteiger partial charge >= 0.3 is 0 Å². The molecule has 10 heavy (non-hydrogen) atoms. The second-order valence-corrected chi connectivity index (χ2v) is 3.05. The van der Waals surface area contributed by atoms with E-state index in [4.69, 9.17) is 9.84 Å². The second-order valence-electron chi connectivity index (χ2n) is 3.05. The highest BCUT2D eigenvalue weighted by atomic mass is 16.6. The number of aliphatic hydroxyl groups excluding tert-OH is 1. The molecule has 1 heterocycles. The minimum atomic E-state index is -0.165. The van der Waals surface area contributed by atoms with Gasteiger partial charge in [-0.2, -0.15) is 0 Å². The average molecular weight is 144 g/mol. The molecule has 3 atom stereocenters. The van der Waals surface area contributed by atoms with E-state index in [0.29, 0.717) is 12.2 Å². The Bertz CT molecular complexity index is 101. The van der Waals surface area contributed by atoms with Gasteiger partial charge in [-0.3, -0.25) is 0 Å². The molecule has 0 unspecified atom stereocenters. The number of epoxide rings is 1. The molecule has 0 aromatic carbocycles. The van der Waals surface area contributed by atoms with Crippen molar-refractivity contribution in [1.82, 2.24) is 0 Å². The van der Waals surface area contributed by atoms with E-state index in [-0.39, 0.29) is 6.10 Å². The Balaban J connectivity index is 1.96. The number of aliphatic hydroxyl groups is 1. The van der Waals surface area contributed by atoms with E-state index in [1.165, 1.54) is 0 Å². The van der Waals surface area contributed by atoms with E-state index in [2.05, 4.69) is 6.92 Å². The minimum Gasteiger partial charge on any atom is -0.393 e. The fourth-order valence-corrected chi connectivity index (χ4v) is 1.20. The van der Waals surface area contributed by atoms with Gasteiger partial charge in [0.1, 0.15) is 0 Å². The van der Waals surface area contributed by atoms with E-state index in [1.54, 1.807) is 0 Å². The maximum atomic E-state index is 8.93. The molecule has 0 amide bonds. The van der Waals surface area contributed by atoms with Crippen molar-refractivity contribution in [1.29, 1.82) is 0 Å². The van der Waals surface area contributed by atoms with Gasteiger partial charge in [-0.1, -0.05) is 6.92 Å². The molecular formula is C8H16O2. The maximum absolute atomic E-state index is 8.93. The number of rotatable bonds is 4. The predicted molar refractivity (Wildman–Crippen MR) is 39.9 cm³/mol. The van der Waals surface area contributed by atoms with Crippen LogP contribution in [-0.4, -0.2) is 23.4 Å². The quantitative estimate of drug-likeness (QED) is 0.604. The van der Waals surface area contributed by atoms with Crippen molar-refractivity contribution >= 4 is 0 Å². The Morgan fingerprint density at radius 1 is 1.50 bits per heavy atom. The Kier molecular flexibility index (Phi) is 2.69. The van der Waals surface area contributed by atoms with Gasteiger partial charge in [0.05, 0.1) is 18.3 Å². The Hall–Kier alpha value is -0.0800. The van der Waals surface area contributed by atoms with Gasteiger partial charge in [-0.25, -0.2) is 0 Å². The molecular weight excluding hydrogens is 128 g/mol. The zero-order valence-electron chi connectivity index (χ0n) is 6.71. The standard InChI is InChI=1S/C8H16O2/c1-3-7-8(10-7)5-4-6(2)9/h6-9H,3-5H2,1-2H3/t6-,7+,8+/m1/s1. The molecule has 2 nitrogen and oxygen atoms in total. The van der Waals surface area contributed by atoms with Gasteiger partial charge in [-0.15, -0.1) is 0 Å². The van der Waals surface area contributed by atoms with Crippen LogP contribution in [0.15, 0.2) is 0 Å². The van der Waals surface area contributed by atoms with Gasteiger partial charge in [0, 0.05) is 0 Å². The molecule has 60 valence electrons. The lowest BCUT2D eigenvalue weighted by Gasteiger charge is -1.99. The van der Waals surface area contributed by atoms with E-state index < -0.39 is 0 Å². The van der Waals surface area contributed by atoms with E-state index in [1.807, 2.05) is 6.92 Å². The topological polar surface area (TPSA) is 32.8 Å². The highest BCUT2D eigenvalue weighted by molar-refractivity contribution is 4.83. The van der Waals surface area contributed by atoms with Crippen molar-refractivity contribution in [3.05, 3.63) is 0 Å². The zero-order valence-corrected chi connectivity index (χ0v) is 6.71. The van der Waals surface area contributed by atoms with Crippen LogP contribution in [0.25, 0.3) is 0 Å². The van der Waals surface area contributed by atoms with Crippen LogP contribution in [0.2, 0.25) is 0 Å². The highest BCUT2D eigenvalue weighted by Crippen LogP contribution is 2.29. The molecule has 1 aliphatic rings. The SMILES string of the molecule is CC[C@@H]1O[C@H]1CC[C@@H](C)O. The minimum absolute atomic E-state index is 0.165. The smallest absolute Gasteiger partial charge is 0.0842 e. The molecule has 1 aliphatic heterocycles. The van der Waals surface area contributed by atoms with E-state index in [9.17, 15) is 0 Å². The fourth-order valence-electron chi connectivity index (χ4n) is 1.20. The summed E-state index contributed by atoms with van der Waals surface area (Å²) in [5, 5.41) is 8.93. The van der Waals surface area contributed by atoms with Crippen LogP contribution in [0.5, 0.6) is 0 Å². The summed E-state index contributed by atoms with van der Waals surface area (Å²) in [6.45, 7) is 3.95. The summed E-state index contributed by atoms with van der Waals surface area (Å²) in [6, 6.07) is 0. The molecule has 1 rings (SSSR count). The molecule has 0 saturated carbocycles. The van der Waals surface area contributed by atoms with Gasteiger partial charge in [0.25, 0.3) is 0 Å². The van der Waals surface area contributed by atoms with Gasteiger partial charge in [0.2, 0.25) is 0 Å². The number of hydrogen-bond acceptors (Lipinski definition) is 2. The van der Waals surface area contributed by atoms with Crippen LogP contribution >= 0.6 is 0 Å². The van der Waals surface area contributed by atoms with Gasteiger partial charge in [-0.05, 0) is 26.2 Å².